The van der Waals surface area contributed by atoms with Crippen molar-refractivity contribution in [3.63, 3.8) is 0 Å². The number of fused-ring (bicyclic) bond motifs is 2. The molecule has 2 aliphatic rings. The normalized spacial score (nSPS) is 21.3. The monoisotopic (exact) mass is 503 g/mol. The Morgan fingerprint density at radius 1 is 1.06 bits per heavy atom. The summed E-state index contributed by atoms with van der Waals surface area (Å²) >= 11 is 7.90. The first-order valence-electron chi connectivity index (χ1n) is 9.87. The summed E-state index contributed by atoms with van der Waals surface area (Å²) < 4.78 is 14.8. The molecule has 7 nitrogen and oxygen atoms in total. The summed E-state index contributed by atoms with van der Waals surface area (Å²) in [6.07, 6.45) is 0. The molecular weight excluding hydrogens is 489 g/mol. The zero-order valence-electron chi connectivity index (χ0n) is 16.7. The van der Waals surface area contributed by atoms with Crippen molar-refractivity contribution in [2.75, 3.05) is 5.32 Å². The van der Waals surface area contributed by atoms with Crippen molar-refractivity contribution in [2.45, 2.75) is 22.7 Å². The lowest BCUT2D eigenvalue weighted by molar-refractivity contribution is -0.126. The maximum absolute atomic E-state index is 13.5. The highest BCUT2D eigenvalue weighted by Gasteiger charge is 2.52. The van der Waals surface area contributed by atoms with Gasteiger partial charge in [-0.25, -0.2) is 4.39 Å². The van der Waals surface area contributed by atoms with Crippen LogP contribution in [0.4, 0.5) is 10.1 Å². The first-order valence-corrected chi connectivity index (χ1v) is 11.9. The first-order chi connectivity index (χ1) is 15.8. The van der Waals surface area contributed by atoms with Gasteiger partial charge in [0.05, 0.1) is 10.9 Å². The van der Waals surface area contributed by atoms with E-state index in [1.807, 2.05) is 0 Å². The van der Waals surface area contributed by atoms with Crippen LogP contribution in [0, 0.1) is 11.7 Å². The third kappa shape index (κ3) is 3.98. The number of benzene rings is 2. The van der Waals surface area contributed by atoms with Crippen molar-refractivity contribution in [1.29, 1.82) is 0 Å². The van der Waals surface area contributed by atoms with Gasteiger partial charge in [-0.05, 0) is 42.0 Å². The fourth-order valence-electron chi connectivity index (χ4n) is 4.08. The molecule has 168 valence electrons. The van der Waals surface area contributed by atoms with Crippen LogP contribution in [-0.2, 0) is 20.9 Å². The Kier molecular flexibility index (Phi) is 5.59. The van der Waals surface area contributed by atoms with Crippen LogP contribution in [0.3, 0.4) is 0 Å². The molecule has 3 aromatic rings. The van der Waals surface area contributed by atoms with Crippen LogP contribution in [0.25, 0.3) is 0 Å². The average Bonchev–Trinajstić information content (AvgIpc) is 3.24. The molecule has 2 aromatic carbocycles. The van der Waals surface area contributed by atoms with Gasteiger partial charge in [0, 0.05) is 21.5 Å². The lowest BCUT2D eigenvalue weighted by Gasteiger charge is -2.30. The average molecular weight is 504 g/mol. The Morgan fingerprint density at radius 2 is 1.76 bits per heavy atom. The van der Waals surface area contributed by atoms with Crippen LogP contribution in [0.15, 0.2) is 58.4 Å². The van der Waals surface area contributed by atoms with Gasteiger partial charge in [-0.15, -0.1) is 0 Å². The molecule has 1 fully saturated rings. The van der Waals surface area contributed by atoms with Crippen molar-refractivity contribution in [3.8, 4) is 0 Å². The number of carbonyl (C=O) groups excluding carboxylic acids is 3. The second kappa shape index (κ2) is 8.44. The fourth-order valence-corrected chi connectivity index (χ4v) is 6.95. The van der Waals surface area contributed by atoms with Crippen molar-refractivity contribution in [1.82, 2.24) is 9.88 Å². The largest absolute Gasteiger partial charge is 0.325 e. The van der Waals surface area contributed by atoms with Gasteiger partial charge in [0.15, 0.2) is 0 Å². The third-order valence-electron chi connectivity index (χ3n) is 5.55. The zero-order chi connectivity index (χ0) is 23.3. The van der Waals surface area contributed by atoms with E-state index < -0.39 is 40.6 Å². The molecule has 3 amide bonds. The number of hydrogen-bond acceptors (Lipinski definition) is 6. The Morgan fingerprint density at radius 3 is 2.45 bits per heavy atom. The summed E-state index contributed by atoms with van der Waals surface area (Å²) in [5.74, 6) is -3.05. The van der Waals surface area contributed by atoms with E-state index in [0.29, 0.717) is 26.2 Å². The molecule has 0 saturated carbocycles. The minimum Gasteiger partial charge on any atom is -0.325 e. The van der Waals surface area contributed by atoms with Crippen molar-refractivity contribution < 1.29 is 18.8 Å². The lowest BCUT2D eigenvalue weighted by atomic mass is 9.83. The molecule has 0 aliphatic carbocycles. The number of aromatic nitrogens is 1. The van der Waals surface area contributed by atoms with E-state index in [0.717, 1.165) is 23.1 Å². The summed E-state index contributed by atoms with van der Waals surface area (Å²) in [6.45, 7) is -0.261. The van der Waals surface area contributed by atoms with Gasteiger partial charge in [-0.2, -0.15) is 0 Å². The van der Waals surface area contributed by atoms with Crippen LogP contribution in [0.1, 0.15) is 16.4 Å². The Balaban J connectivity index is 1.52. The van der Waals surface area contributed by atoms with E-state index in [-0.39, 0.29) is 11.4 Å². The van der Waals surface area contributed by atoms with Crippen molar-refractivity contribution in [2.24, 2.45) is 5.92 Å². The predicted octanol–water partition coefficient (Wildman–Crippen LogP) is 3.22. The number of nitrogens with one attached hydrogen (secondary N) is 2. The van der Waals surface area contributed by atoms with E-state index in [1.165, 1.54) is 16.7 Å². The van der Waals surface area contributed by atoms with Crippen LogP contribution in [0.2, 0.25) is 5.02 Å². The molecule has 3 atom stereocenters. The first kappa shape index (κ1) is 21.9. The molecule has 33 heavy (non-hydrogen) atoms. The zero-order valence-corrected chi connectivity index (χ0v) is 19.1. The molecule has 2 unspecified atom stereocenters. The van der Waals surface area contributed by atoms with Crippen LogP contribution >= 0.6 is 34.7 Å². The number of nitrogens with zero attached hydrogens (tertiary/aromatic N) is 1. The molecular formula is C22H15ClFN3O4S2. The number of imide groups is 1. The van der Waals surface area contributed by atoms with Crippen LogP contribution in [0.5, 0.6) is 0 Å². The van der Waals surface area contributed by atoms with Crippen LogP contribution in [-0.4, -0.2) is 27.5 Å². The number of amides is 3. The van der Waals surface area contributed by atoms with Crippen molar-refractivity contribution >= 4 is 58.1 Å². The molecule has 11 heteroatoms. The van der Waals surface area contributed by atoms with Gasteiger partial charge in [-0.3, -0.25) is 29.1 Å². The second-order valence-corrected chi connectivity index (χ2v) is 10.2. The van der Waals surface area contributed by atoms with Gasteiger partial charge < -0.3 is 5.32 Å². The second-order valence-electron chi connectivity index (χ2n) is 7.63. The fraction of sp³-hybridized carbons (Fsp3) is 0.182. The van der Waals surface area contributed by atoms with E-state index >= 15 is 0 Å². The van der Waals surface area contributed by atoms with Crippen LogP contribution < -0.4 is 15.5 Å². The van der Waals surface area contributed by atoms with Gasteiger partial charge >= 0.3 is 4.87 Å². The number of thiazole rings is 1. The Bertz CT molecular complexity index is 1340. The molecule has 3 heterocycles. The standard InChI is InChI=1S/C22H15ClFN3O4S2/c23-11-3-7-13(8-4-11)25-14(28)9-27-21-18(33-22(27)31)15(10-1-5-12(24)6-2-10)16-17(32-21)20(30)26-19(16)29/h1-8,15-17H,9H2,(H,25,28)(H,26,29,30)/t15-,16?,17?/m0/s1. The van der Waals surface area contributed by atoms with Gasteiger partial charge in [0.1, 0.15) is 17.6 Å². The smallest absolute Gasteiger partial charge is 0.308 e. The Labute approximate surface area is 199 Å². The molecule has 0 bridgehead atoms. The van der Waals surface area contributed by atoms with Gasteiger partial charge in [0.25, 0.3) is 0 Å². The maximum Gasteiger partial charge on any atom is 0.308 e. The molecule has 5 rings (SSSR count). The number of halogens is 2. The third-order valence-corrected chi connectivity index (χ3v) is 8.41. The molecule has 0 radical (unpaired) electrons. The summed E-state index contributed by atoms with van der Waals surface area (Å²) in [5.41, 5.74) is 1.15. The molecule has 1 aromatic heterocycles. The summed E-state index contributed by atoms with van der Waals surface area (Å²) in [5, 5.41) is 5.32. The van der Waals surface area contributed by atoms with E-state index in [2.05, 4.69) is 10.6 Å². The highest BCUT2D eigenvalue weighted by Crippen LogP contribution is 2.51. The van der Waals surface area contributed by atoms with E-state index in [1.54, 1.807) is 36.4 Å². The summed E-state index contributed by atoms with van der Waals surface area (Å²) in [6, 6.07) is 12.2. The lowest BCUT2D eigenvalue weighted by Crippen LogP contribution is -2.32. The minimum atomic E-state index is -0.750. The highest BCUT2D eigenvalue weighted by molar-refractivity contribution is 8.00. The summed E-state index contributed by atoms with van der Waals surface area (Å²) in [7, 11) is 0. The maximum atomic E-state index is 13.5. The Hall–Kier alpha value is -2.95. The highest BCUT2D eigenvalue weighted by atomic mass is 35.5. The number of thioether (sulfide) groups is 1. The van der Waals surface area contributed by atoms with Gasteiger partial charge in [0.2, 0.25) is 17.7 Å². The predicted molar refractivity (Wildman–Crippen MR) is 123 cm³/mol. The molecule has 0 spiro atoms. The minimum absolute atomic E-state index is 0.261. The number of rotatable bonds is 4. The quantitative estimate of drug-likeness (QED) is 0.533. The van der Waals surface area contributed by atoms with E-state index in [4.69, 9.17) is 11.6 Å². The molecule has 1 saturated heterocycles. The topological polar surface area (TPSA) is 97.3 Å². The summed E-state index contributed by atoms with van der Waals surface area (Å²) in [4.78, 5) is 50.8. The number of carbonyl (C=O) groups is 3. The van der Waals surface area contributed by atoms with E-state index in [9.17, 15) is 23.6 Å². The molecule has 2 aliphatic heterocycles. The number of hydrogen-bond donors (Lipinski definition) is 2. The van der Waals surface area contributed by atoms with Gasteiger partial charge in [-0.1, -0.05) is 46.8 Å². The number of anilines is 1. The van der Waals surface area contributed by atoms with Crippen molar-refractivity contribution in [3.05, 3.63) is 79.5 Å². The SMILES string of the molecule is O=C(Cn1c2c(sc1=O)[C@@H](c1ccc(F)cc1)C1C(=O)NC(=O)C1S2)Nc1ccc(Cl)cc1. The molecule has 2 N–H and O–H groups in total.